The molecule has 0 atom stereocenters. The third-order valence-electron chi connectivity index (χ3n) is 3.59. The molecule has 0 aliphatic heterocycles. The molecule has 0 fully saturated rings. The van der Waals surface area contributed by atoms with Gasteiger partial charge in [0.1, 0.15) is 5.75 Å². The lowest BCUT2D eigenvalue weighted by atomic mass is 10.1. The molecule has 0 saturated heterocycles. The van der Waals surface area contributed by atoms with Gasteiger partial charge < -0.3 is 15.4 Å². The van der Waals surface area contributed by atoms with Crippen LogP contribution in [0.5, 0.6) is 5.75 Å². The highest BCUT2D eigenvalue weighted by Gasteiger charge is 2.08. The second-order valence-electron chi connectivity index (χ2n) is 5.37. The summed E-state index contributed by atoms with van der Waals surface area (Å²) in [6.45, 7) is 2.65. The molecule has 25 heavy (non-hydrogen) atoms. The van der Waals surface area contributed by atoms with Gasteiger partial charge in [-0.2, -0.15) is 0 Å². The van der Waals surface area contributed by atoms with Crippen LogP contribution in [0.15, 0.2) is 53.4 Å². The van der Waals surface area contributed by atoms with E-state index in [2.05, 4.69) is 23.3 Å². The maximum atomic E-state index is 12.0. The van der Waals surface area contributed by atoms with Gasteiger partial charge in [-0.25, -0.2) is 0 Å². The molecule has 0 unspecified atom stereocenters. The molecule has 6 heteroatoms. The van der Waals surface area contributed by atoms with Crippen molar-refractivity contribution in [3.63, 3.8) is 0 Å². The van der Waals surface area contributed by atoms with Gasteiger partial charge in [0.15, 0.2) is 6.61 Å². The number of thiol groups is 1. The normalized spacial score (nSPS) is 10.2. The number of ether oxygens (including phenoxy) is 1. The van der Waals surface area contributed by atoms with E-state index < -0.39 is 0 Å². The zero-order chi connectivity index (χ0) is 18.1. The quantitative estimate of drug-likeness (QED) is 0.502. The number of aryl methyl sites for hydroxylation is 1. The van der Waals surface area contributed by atoms with E-state index in [1.807, 2.05) is 37.3 Å². The van der Waals surface area contributed by atoms with Crippen LogP contribution in [0.3, 0.4) is 0 Å². The average Bonchev–Trinajstić information content (AvgIpc) is 2.64. The summed E-state index contributed by atoms with van der Waals surface area (Å²) in [5.41, 5.74) is 1.57. The molecule has 2 amide bonds. The molecule has 0 spiro atoms. The van der Waals surface area contributed by atoms with E-state index >= 15 is 0 Å². The van der Waals surface area contributed by atoms with Crippen LogP contribution >= 0.6 is 12.6 Å². The highest BCUT2D eigenvalue weighted by Crippen LogP contribution is 2.17. The summed E-state index contributed by atoms with van der Waals surface area (Å²) in [5.74, 6) is 0.279. The minimum Gasteiger partial charge on any atom is -0.483 e. The van der Waals surface area contributed by atoms with Gasteiger partial charge in [0, 0.05) is 18.0 Å². The number of carbonyl (C=O) groups is 2. The predicted molar refractivity (Wildman–Crippen MR) is 100 cm³/mol. The molecular weight excluding hydrogens is 336 g/mol. The number of para-hydroxylation sites is 1. The van der Waals surface area contributed by atoms with Gasteiger partial charge >= 0.3 is 0 Å². The van der Waals surface area contributed by atoms with Crippen LogP contribution in [0.4, 0.5) is 0 Å². The lowest BCUT2D eigenvalue weighted by molar-refractivity contribution is -0.123. The fourth-order valence-corrected chi connectivity index (χ4v) is 2.53. The number of rotatable bonds is 8. The molecule has 2 N–H and O–H groups in total. The van der Waals surface area contributed by atoms with E-state index in [9.17, 15) is 9.59 Å². The van der Waals surface area contributed by atoms with Crippen molar-refractivity contribution >= 4 is 24.4 Å². The smallest absolute Gasteiger partial charge is 0.258 e. The number of hydrogen-bond donors (Lipinski definition) is 3. The van der Waals surface area contributed by atoms with Crippen molar-refractivity contribution in [1.29, 1.82) is 0 Å². The third kappa shape index (κ3) is 5.83. The maximum Gasteiger partial charge on any atom is 0.258 e. The first kappa shape index (κ1) is 18.9. The Morgan fingerprint density at radius 1 is 1.00 bits per heavy atom. The van der Waals surface area contributed by atoms with E-state index in [-0.39, 0.29) is 18.4 Å². The largest absolute Gasteiger partial charge is 0.483 e. The molecule has 0 bridgehead atoms. The Hall–Kier alpha value is -2.47. The van der Waals surface area contributed by atoms with Crippen molar-refractivity contribution in [2.75, 3.05) is 19.7 Å². The number of benzene rings is 2. The first-order valence-electron chi connectivity index (χ1n) is 8.15. The van der Waals surface area contributed by atoms with Crippen molar-refractivity contribution in [2.24, 2.45) is 0 Å². The van der Waals surface area contributed by atoms with Crippen LogP contribution in [-0.4, -0.2) is 31.5 Å². The SMILES string of the molecule is CCc1ccccc1OCC(=O)NCCNC(=O)c1ccccc1S. The third-order valence-corrected chi connectivity index (χ3v) is 3.98. The number of hydrogen-bond acceptors (Lipinski definition) is 4. The van der Waals surface area contributed by atoms with E-state index in [1.54, 1.807) is 18.2 Å². The average molecular weight is 358 g/mol. The van der Waals surface area contributed by atoms with Crippen LogP contribution in [0.1, 0.15) is 22.8 Å². The van der Waals surface area contributed by atoms with Gasteiger partial charge in [-0.05, 0) is 30.2 Å². The molecule has 0 aromatic heterocycles. The van der Waals surface area contributed by atoms with E-state index in [0.717, 1.165) is 17.7 Å². The summed E-state index contributed by atoms with van der Waals surface area (Å²) in [4.78, 5) is 24.4. The maximum absolute atomic E-state index is 12.0. The topological polar surface area (TPSA) is 67.4 Å². The lowest BCUT2D eigenvalue weighted by Crippen LogP contribution is -2.36. The summed E-state index contributed by atoms with van der Waals surface area (Å²) in [5, 5.41) is 5.46. The summed E-state index contributed by atoms with van der Waals surface area (Å²) in [6.07, 6.45) is 0.844. The number of nitrogens with one attached hydrogen (secondary N) is 2. The zero-order valence-corrected chi connectivity index (χ0v) is 15.0. The van der Waals surface area contributed by atoms with Crippen LogP contribution in [-0.2, 0) is 11.2 Å². The van der Waals surface area contributed by atoms with Gasteiger partial charge in [-0.3, -0.25) is 9.59 Å². The van der Waals surface area contributed by atoms with Crippen molar-refractivity contribution in [3.05, 3.63) is 59.7 Å². The Kier molecular flexibility index (Phi) is 7.35. The standard InChI is InChI=1S/C19H22N2O3S/c1-2-14-7-3-5-9-16(14)24-13-18(22)20-11-12-21-19(23)15-8-4-6-10-17(15)25/h3-10,25H,2,11-13H2,1H3,(H,20,22)(H,21,23). The number of carbonyl (C=O) groups excluding carboxylic acids is 2. The lowest BCUT2D eigenvalue weighted by Gasteiger charge is -2.11. The molecule has 5 nitrogen and oxygen atoms in total. The molecule has 2 rings (SSSR count). The van der Waals surface area contributed by atoms with Crippen LogP contribution in [0.2, 0.25) is 0 Å². The Morgan fingerprint density at radius 3 is 2.44 bits per heavy atom. The fourth-order valence-electron chi connectivity index (χ4n) is 2.27. The second kappa shape index (κ2) is 9.74. The zero-order valence-electron chi connectivity index (χ0n) is 14.1. The van der Waals surface area contributed by atoms with Gasteiger partial charge in [-0.15, -0.1) is 12.6 Å². The van der Waals surface area contributed by atoms with E-state index in [0.29, 0.717) is 23.5 Å². The van der Waals surface area contributed by atoms with Crippen molar-refractivity contribution < 1.29 is 14.3 Å². The summed E-state index contributed by atoms with van der Waals surface area (Å²) < 4.78 is 5.54. The van der Waals surface area contributed by atoms with Crippen molar-refractivity contribution in [2.45, 2.75) is 18.2 Å². The van der Waals surface area contributed by atoms with Gasteiger partial charge in [-0.1, -0.05) is 37.3 Å². The predicted octanol–water partition coefficient (Wildman–Crippen LogP) is 2.46. The van der Waals surface area contributed by atoms with Crippen LogP contribution in [0.25, 0.3) is 0 Å². The fraction of sp³-hybridized carbons (Fsp3) is 0.263. The number of amides is 2. The molecule has 0 heterocycles. The first-order chi connectivity index (χ1) is 12.1. The molecule has 0 aliphatic rings. The van der Waals surface area contributed by atoms with E-state index in [4.69, 9.17) is 4.74 Å². The Labute approximate surface area is 153 Å². The molecule has 0 aliphatic carbocycles. The minimum atomic E-state index is -0.227. The van der Waals surface area contributed by atoms with Gasteiger partial charge in [0.05, 0.1) is 5.56 Å². The monoisotopic (exact) mass is 358 g/mol. The first-order valence-corrected chi connectivity index (χ1v) is 8.60. The van der Waals surface area contributed by atoms with Crippen molar-refractivity contribution in [1.82, 2.24) is 10.6 Å². The summed E-state index contributed by atoms with van der Waals surface area (Å²) >= 11 is 4.25. The highest BCUT2D eigenvalue weighted by molar-refractivity contribution is 7.80. The summed E-state index contributed by atoms with van der Waals surface area (Å²) in [6, 6.07) is 14.7. The van der Waals surface area contributed by atoms with Gasteiger partial charge in [0.25, 0.3) is 11.8 Å². The second-order valence-corrected chi connectivity index (χ2v) is 5.85. The molecule has 0 radical (unpaired) electrons. The van der Waals surface area contributed by atoms with Crippen molar-refractivity contribution in [3.8, 4) is 5.75 Å². The molecular formula is C19H22N2O3S. The Balaban J connectivity index is 1.69. The van der Waals surface area contributed by atoms with Crippen LogP contribution < -0.4 is 15.4 Å². The van der Waals surface area contributed by atoms with Gasteiger partial charge in [0.2, 0.25) is 0 Å². The van der Waals surface area contributed by atoms with Crippen LogP contribution in [0, 0.1) is 0 Å². The Morgan fingerprint density at radius 2 is 1.68 bits per heavy atom. The molecule has 132 valence electrons. The van der Waals surface area contributed by atoms with E-state index in [1.165, 1.54) is 0 Å². The highest BCUT2D eigenvalue weighted by atomic mass is 32.1. The molecule has 2 aromatic rings. The summed E-state index contributed by atoms with van der Waals surface area (Å²) in [7, 11) is 0. The molecule has 0 saturated carbocycles. The molecule has 2 aromatic carbocycles. The Bertz CT molecular complexity index is 734. The minimum absolute atomic E-state index is 0.0512.